The number of methoxy groups -OCH3 is 3. The van der Waals surface area contributed by atoms with Crippen LogP contribution in [-0.4, -0.2) is 38.4 Å². The number of carbonyl (C=O) groups excluding carboxylic acids is 1. The van der Waals surface area contributed by atoms with Crippen molar-refractivity contribution in [3.05, 3.63) is 89.5 Å². The second kappa shape index (κ2) is 10.3. The normalized spacial score (nSPS) is 12.0. The SMILES string of the molecule is COC(=O)C(=Cc1ccc(OC)c(OC)c1)C(C(=O)O)c1ccc(-c2ccccc2)cc1. The fourth-order valence-electron chi connectivity index (χ4n) is 3.45. The highest BCUT2D eigenvalue weighted by Gasteiger charge is 2.30. The minimum absolute atomic E-state index is 0.000295. The first kappa shape index (κ1) is 22.6. The van der Waals surface area contributed by atoms with Crippen LogP contribution in [0.15, 0.2) is 78.4 Å². The number of carbonyl (C=O) groups is 2. The van der Waals surface area contributed by atoms with E-state index in [9.17, 15) is 14.7 Å². The van der Waals surface area contributed by atoms with Crippen molar-refractivity contribution in [2.24, 2.45) is 0 Å². The largest absolute Gasteiger partial charge is 0.493 e. The lowest BCUT2D eigenvalue weighted by atomic mass is 9.88. The van der Waals surface area contributed by atoms with E-state index in [0.717, 1.165) is 11.1 Å². The molecule has 0 heterocycles. The Morgan fingerprint density at radius 3 is 2.00 bits per heavy atom. The van der Waals surface area contributed by atoms with Crippen LogP contribution in [0.5, 0.6) is 11.5 Å². The van der Waals surface area contributed by atoms with Crippen molar-refractivity contribution < 1.29 is 28.9 Å². The van der Waals surface area contributed by atoms with Crippen LogP contribution in [0, 0.1) is 0 Å². The van der Waals surface area contributed by atoms with Crippen LogP contribution >= 0.6 is 0 Å². The zero-order valence-corrected chi connectivity index (χ0v) is 18.1. The molecule has 0 aliphatic carbocycles. The quantitative estimate of drug-likeness (QED) is 0.407. The molecule has 3 rings (SSSR count). The number of esters is 1. The van der Waals surface area contributed by atoms with Gasteiger partial charge in [0.25, 0.3) is 0 Å². The lowest BCUT2D eigenvalue weighted by Crippen LogP contribution is -2.20. The number of ether oxygens (including phenoxy) is 3. The summed E-state index contributed by atoms with van der Waals surface area (Å²) < 4.78 is 15.4. The summed E-state index contributed by atoms with van der Waals surface area (Å²) >= 11 is 0. The van der Waals surface area contributed by atoms with Crippen LogP contribution in [0.3, 0.4) is 0 Å². The summed E-state index contributed by atoms with van der Waals surface area (Å²) in [6, 6.07) is 21.9. The van der Waals surface area contributed by atoms with Crippen LogP contribution < -0.4 is 9.47 Å². The molecule has 1 atom stereocenters. The molecule has 0 aromatic heterocycles. The number of carboxylic acids is 1. The summed E-state index contributed by atoms with van der Waals surface area (Å²) in [7, 11) is 4.25. The van der Waals surface area contributed by atoms with E-state index in [4.69, 9.17) is 14.2 Å². The number of hydrogen-bond acceptors (Lipinski definition) is 5. The first-order valence-electron chi connectivity index (χ1n) is 9.88. The topological polar surface area (TPSA) is 82.1 Å². The zero-order valence-electron chi connectivity index (χ0n) is 18.1. The molecule has 0 amide bonds. The number of rotatable bonds is 8. The van der Waals surface area contributed by atoms with Gasteiger partial charge in [-0.15, -0.1) is 0 Å². The van der Waals surface area contributed by atoms with Crippen LogP contribution in [0.4, 0.5) is 0 Å². The molecule has 6 nitrogen and oxygen atoms in total. The van der Waals surface area contributed by atoms with Crippen molar-refractivity contribution in [2.75, 3.05) is 21.3 Å². The minimum Gasteiger partial charge on any atom is -0.493 e. The molecule has 0 radical (unpaired) electrons. The number of benzene rings is 3. The highest BCUT2D eigenvalue weighted by Crippen LogP contribution is 2.32. The predicted octanol–water partition coefficient (Wildman–Crippen LogP) is 4.80. The second-order valence-electron chi connectivity index (χ2n) is 6.96. The molecule has 32 heavy (non-hydrogen) atoms. The highest BCUT2D eigenvalue weighted by atomic mass is 16.5. The van der Waals surface area contributed by atoms with Gasteiger partial charge in [0, 0.05) is 0 Å². The van der Waals surface area contributed by atoms with Crippen molar-refractivity contribution in [3.63, 3.8) is 0 Å². The van der Waals surface area contributed by atoms with Crippen molar-refractivity contribution in [3.8, 4) is 22.6 Å². The van der Waals surface area contributed by atoms with E-state index in [-0.39, 0.29) is 5.57 Å². The van der Waals surface area contributed by atoms with Gasteiger partial charge in [-0.25, -0.2) is 4.79 Å². The third-order valence-corrected chi connectivity index (χ3v) is 5.06. The highest BCUT2D eigenvalue weighted by molar-refractivity contribution is 6.02. The van der Waals surface area contributed by atoms with Crippen LogP contribution in [0.2, 0.25) is 0 Å². The Morgan fingerprint density at radius 1 is 0.812 bits per heavy atom. The number of aliphatic carboxylic acids is 1. The Hall–Kier alpha value is -4.06. The van der Waals surface area contributed by atoms with Gasteiger partial charge in [-0.2, -0.15) is 0 Å². The molecule has 0 bridgehead atoms. The number of hydrogen-bond donors (Lipinski definition) is 1. The van der Waals surface area contributed by atoms with Crippen molar-refractivity contribution in [1.82, 2.24) is 0 Å². The summed E-state index contributed by atoms with van der Waals surface area (Å²) in [5.74, 6) is -2.10. The van der Waals surface area contributed by atoms with Crippen molar-refractivity contribution >= 4 is 18.0 Å². The second-order valence-corrected chi connectivity index (χ2v) is 6.96. The molecular formula is C26H24O6. The minimum atomic E-state index is -1.21. The Balaban J connectivity index is 2.05. The van der Waals surface area contributed by atoms with Gasteiger partial charge in [0.15, 0.2) is 11.5 Å². The van der Waals surface area contributed by atoms with Gasteiger partial charge in [-0.1, -0.05) is 60.7 Å². The summed E-state index contributed by atoms with van der Waals surface area (Å²) in [4.78, 5) is 24.8. The fraction of sp³-hybridized carbons (Fsp3) is 0.154. The molecule has 0 spiro atoms. The maximum absolute atomic E-state index is 12.6. The fourth-order valence-corrected chi connectivity index (χ4v) is 3.45. The van der Waals surface area contributed by atoms with E-state index in [1.165, 1.54) is 27.4 Å². The van der Waals surface area contributed by atoms with Crippen LogP contribution in [0.25, 0.3) is 17.2 Å². The molecule has 0 saturated carbocycles. The maximum atomic E-state index is 12.6. The van der Waals surface area contributed by atoms with Crippen molar-refractivity contribution in [1.29, 1.82) is 0 Å². The van der Waals surface area contributed by atoms with Gasteiger partial charge in [0.05, 0.1) is 26.9 Å². The standard InChI is InChI=1S/C26H24O6/c1-30-22-14-9-17(16-23(22)31-2)15-21(26(29)32-3)24(25(27)28)20-12-10-19(11-13-20)18-7-5-4-6-8-18/h4-16,24H,1-3H3,(H,27,28). The maximum Gasteiger partial charge on any atom is 0.334 e. The van der Waals surface area contributed by atoms with Gasteiger partial charge in [-0.3, -0.25) is 4.79 Å². The molecule has 3 aromatic carbocycles. The average molecular weight is 432 g/mol. The van der Waals surface area contributed by atoms with E-state index in [0.29, 0.717) is 22.6 Å². The Labute approximate surface area is 186 Å². The average Bonchev–Trinajstić information content (AvgIpc) is 2.83. The first-order chi connectivity index (χ1) is 15.5. The van der Waals surface area contributed by atoms with Gasteiger partial charge in [0.2, 0.25) is 0 Å². The summed E-state index contributed by atoms with van der Waals surface area (Å²) in [5.41, 5.74) is 3.01. The Morgan fingerprint density at radius 2 is 1.44 bits per heavy atom. The lowest BCUT2D eigenvalue weighted by Gasteiger charge is -2.17. The van der Waals surface area contributed by atoms with E-state index in [2.05, 4.69) is 0 Å². The zero-order chi connectivity index (χ0) is 23.1. The molecule has 3 aromatic rings. The predicted molar refractivity (Wildman–Crippen MR) is 122 cm³/mol. The first-order valence-corrected chi connectivity index (χ1v) is 9.88. The summed E-state index contributed by atoms with van der Waals surface area (Å²) in [6.45, 7) is 0. The Kier molecular flexibility index (Phi) is 7.29. The molecule has 1 unspecified atom stereocenters. The molecule has 0 saturated heterocycles. The van der Waals surface area contributed by atoms with Gasteiger partial charge < -0.3 is 19.3 Å². The molecule has 0 aliphatic rings. The number of carboxylic acid groups (broad SMARTS) is 1. The third-order valence-electron chi connectivity index (χ3n) is 5.06. The van der Waals surface area contributed by atoms with E-state index >= 15 is 0 Å². The van der Waals surface area contributed by atoms with Gasteiger partial charge >= 0.3 is 11.9 Å². The van der Waals surface area contributed by atoms with Gasteiger partial charge in [-0.05, 0) is 40.5 Å². The molecule has 164 valence electrons. The van der Waals surface area contributed by atoms with E-state index in [1.54, 1.807) is 30.3 Å². The van der Waals surface area contributed by atoms with Crippen LogP contribution in [-0.2, 0) is 14.3 Å². The molecule has 0 fully saturated rings. The third kappa shape index (κ3) is 4.98. The molecule has 1 N–H and O–H groups in total. The molecule has 6 heteroatoms. The molecular weight excluding hydrogens is 408 g/mol. The monoisotopic (exact) mass is 432 g/mol. The van der Waals surface area contributed by atoms with Gasteiger partial charge in [0.1, 0.15) is 5.92 Å². The van der Waals surface area contributed by atoms with E-state index in [1.807, 2.05) is 42.5 Å². The lowest BCUT2D eigenvalue weighted by molar-refractivity contribution is -0.142. The summed E-state index contributed by atoms with van der Waals surface area (Å²) in [6.07, 6.45) is 1.50. The van der Waals surface area contributed by atoms with Crippen molar-refractivity contribution in [2.45, 2.75) is 5.92 Å². The Bertz CT molecular complexity index is 1120. The van der Waals surface area contributed by atoms with Crippen LogP contribution in [0.1, 0.15) is 17.0 Å². The molecule has 0 aliphatic heterocycles. The van der Waals surface area contributed by atoms with E-state index < -0.39 is 17.9 Å². The summed E-state index contributed by atoms with van der Waals surface area (Å²) in [5, 5.41) is 10.00. The smallest absolute Gasteiger partial charge is 0.334 e.